The van der Waals surface area contributed by atoms with E-state index >= 15 is 0 Å². The number of aliphatic carboxylic acids is 1. The van der Waals surface area contributed by atoms with Crippen LogP contribution in [0.15, 0.2) is 60.9 Å². The van der Waals surface area contributed by atoms with Gasteiger partial charge in [0.15, 0.2) is 17.2 Å². The van der Waals surface area contributed by atoms with Crippen LogP contribution in [0.5, 0.6) is 23.0 Å². The molecule has 16 heteroatoms. The van der Waals surface area contributed by atoms with Crippen LogP contribution >= 0.6 is 0 Å². The van der Waals surface area contributed by atoms with Gasteiger partial charge in [0.05, 0.1) is 50.5 Å². The van der Waals surface area contributed by atoms with Crippen LogP contribution in [0.1, 0.15) is 74.3 Å². The summed E-state index contributed by atoms with van der Waals surface area (Å²) in [5, 5.41) is 10.7. The van der Waals surface area contributed by atoms with E-state index in [1.165, 1.54) is 31.5 Å². The van der Waals surface area contributed by atoms with Crippen LogP contribution in [0.2, 0.25) is 0 Å². The molecular formula is C38H40F6N3NaO6. The molecule has 0 bridgehead atoms. The largest absolute Gasteiger partial charge is 1.00 e. The number of carbonyl (C=O) groups excluding carboxylic acids is 1. The molecule has 0 saturated carbocycles. The van der Waals surface area contributed by atoms with Gasteiger partial charge in [0.1, 0.15) is 5.75 Å². The van der Waals surface area contributed by atoms with Crippen molar-refractivity contribution in [3.63, 3.8) is 0 Å². The molecular weight excluding hydrogens is 731 g/mol. The minimum absolute atomic E-state index is 0. The summed E-state index contributed by atoms with van der Waals surface area (Å²) < 4.78 is 106. The Morgan fingerprint density at radius 3 is 1.93 bits per heavy atom. The summed E-state index contributed by atoms with van der Waals surface area (Å²) in [5.74, 6) is 0.235. The number of carboxylic acids is 1. The molecule has 3 aromatic carbocycles. The molecule has 54 heavy (non-hydrogen) atoms. The average Bonchev–Trinajstić information content (AvgIpc) is 3.09. The molecule has 0 saturated heterocycles. The number of ether oxygens (including phenoxy) is 4. The monoisotopic (exact) mass is 771 g/mol. The molecule has 4 rings (SSSR count). The van der Waals surface area contributed by atoms with E-state index in [1.807, 2.05) is 45.9 Å². The summed E-state index contributed by atoms with van der Waals surface area (Å²) in [6, 6.07) is 10.5. The van der Waals surface area contributed by atoms with E-state index < -0.39 is 36.0 Å². The van der Waals surface area contributed by atoms with Gasteiger partial charge in [-0.25, -0.2) is 9.97 Å². The van der Waals surface area contributed by atoms with Gasteiger partial charge in [0.2, 0.25) is 5.95 Å². The van der Waals surface area contributed by atoms with Crippen LogP contribution in [0, 0.1) is 0 Å². The Labute approximate surface area is 331 Å². The standard InChI is InChI=1S/C38H41F6N3O6.Na/c1-22(2)25-9-10-32(50-5)31(14-25)30-17-34(53-23(3)4)33(51-6)15-26(30)21-47(36-45-18-29(19-46-36)52-11-7-8-35(48)49)20-24-12-27(37(39,40)41)16-28(13-24)38(42,43)44;/h9-10,12-19,22-23H,7-8,11,20-21H2,1-6H3,(H,48,49);/q;+1/p-1. The molecule has 0 unspecified atom stereocenters. The van der Waals surface area contributed by atoms with Crippen LogP contribution in [-0.4, -0.2) is 42.9 Å². The van der Waals surface area contributed by atoms with Crippen molar-refractivity contribution in [3.05, 3.63) is 88.7 Å². The zero-order chi connectivity index (χ0) is 39.1. The molecule has 0 spiro atoms. The number of hydrogen-bond acceptors (Lipinski definition) is 9. The fraction of sp³-hybridized carbons (Fsp3) is 0.395. The first-order chi connectivity index (χ1) is 24.9. The van der Waals surface area contributed by atoms with Crippen molar-refractivity contribution in [2.75, 3.05) is 25.7 Å². The van der Waals surface area contributed by atoms with Crippen molar-refractivity contribution < 1.29 is 84.7 Å². The number of methoxy groups -OCH3 is 2. The van der Waals surface area contributed by atoms with Gasteiger partial charge in [-0.3, -0.25) is 0 Å². The van der Waals surface area contributed by atoms with Gasteiger partial charge in [-0.05, 0) is 97.3 Å². The molecule has 1 aromatic heterocycles. The predicted molar refractivity (Wildman–Crippen MR) is 183 cm³/mol. The normalized spacial score (nSPS) is 11.7. The Morgan fingerprint density at radius 2 is 1.41 bits per heavy atom. The fourth-order valence-corrected chi connectivity index (χ4v) is 5.47. The van der Waals surface area contributed by atoms with Gasteiger partial charge >= 0.3 is 41.9 Å². The number of rotatable bonds is 16. The van der Waals surface area contributed by atoms with Crippen LogP contribution in [0.3, 0.4) is 0 Å². The summed E-state index contributed by atoms with van der Waals surface area (Å²) in [7, 11) is 2.95. The number of aromatic nitrogens is 2. The summed E-state index contributed by atoms with van der Waals surface area (Å²) in [5.41, 5.74) is -0.457. The molecule has 0 aliphatic heterocycles. The van der Waals surface area contributed by atoms with Gasteiger partial charge in [-0.15, -0.1) is 0 Å². The molecule has 0 amide bonds. The second-order valence-corrected chi connectivity index (χ2v) is 12.8. The van der Waals surface area contributed by atoms with E-state index in [9.17, 15) is 36.2 Å². The molecule has 286 valence electrons. The van der Waals surface area contributed by atoms with Crippen LogP contribution in [-0.2, 0) is 30.2 Å². The number of nitrogens with zero attached hydrogens (tertiary/aromatic N) is 3. The van der Waals surface area contributed by atoms with Crippen molar-refractivity contribution in [1.29, 1.82) is 0 Å². The first-order valence-electron chi connectivity index (χ1n) is 16.6. The first-order valence-corrected chi connectivity index (χ1v) is 16.6. The fourth-order valence-electron chi connectivity index (χ4n) is 5.47. The Hall–Kier alpha value is -4.21. The number of halogens is 6. The predicted octanol–water partition coefficient (Wildman–Crippen LogP) is 5.23. The van der Waals surface area contributed by atoms with E-state index in [0.29, 0.717) is 46.1 Å². The first kappa shape index (κ1) is 44.2. The van der Waals surface area contributed by atoms with Crippen molar-refractivity contribution in [2.45, 2.75) is 78.0 Å². The van der Waals surface area contributed by atoms with E-state index in [-0.39, 0.29) is 90.9 Å². The molecule has 4 aromatic rings. The molecule has 0 aliphatic rings. The summed E-state index contributed by atoms with van der Waals surface area (Å²) in [6.45, 7) is 7.12. The maximum atomic E-state index is 13.9. The van der Waals surface area contributed by atoms with Gasteiger partial charge < -0.3 is 33.7 Å². The Bertz CT molecular complexity index is 1840. The third-order valence-electron chi connectivity index (χ3n) is 8.01. The van der Waals surface area contributed by atoms with Gasteiger partial charge in [-0.1, -0.05) is 19.9 Å². The number of hydrogen-bond donors (Lipinski definition) is 0. The van der Waals surface area contributed by atoms with Crippen LogP contribution in [0.4, 0.5) is 32.3 Å². The second kappa shape index (κ2) is 18.9. The van der Waals surface area contributed by atoms with Crippen molar-refractivity contribution in [2.24, 2.45) is 0 Å². The minimum Gasteiger partial charge on any atom is -0.550 e. The van der Waals surface area contributed by atoms with Crippen molar-refractivity contribution >= 4 is 11.9 Å². The minimum atomic E-state index is -5.06. The van der Waals surface area contributed by atoms with E-state index in [4.69, 9.17) is 18.9 Å². The third-order valence-corrected chi connectivity index (χ3v) is 8.01. The molecule has 1 heterocycles. The van der Waals surface area contributed by atoms with Crippen molar-refractivity contribution in [1.82, 2.24) is 9.97 Å². The number of carbonyl (C=O) groups is 1. The maximum absolute atomic E-state index is 13.9. The van der Waals surface area contributed by atoms with Gasteiger partial charge in [0, 0.05) is 24.6 Å². The second-order valence-electron chi connectivity index (χ2n) is 12.8. The zero-order valence-electron chi connectivity index (χ0n) is 31.0. The van der Waals surface area contributed by atoms with Gasteiger partial charge in [-0.2, -0.15) is 26.3 Å². The number of carboxylic acid groups (broad SMARTS) is 1. The van der Waals surface area contributed by atoms with Gasteiger partial charge in [0.25, 0.3) is 0 Å². The maximum Gasteiger partial charge on any atom is 1.00 e. The van der Waals surface area contributed by atoms with Crippen molar-refractivity contribution in [3.8, 4) is 34.1 Å². The number of alkyl halides is 6. The SMILES string of the molecule is COc1cc(CN(Cc2cc(C(F)(F)F)cc(C(F)(F)F)c2)c2ncc(OCCCC(=O)[O-])cn2)c(-c2cc(C(C)C)ccc2OC)cc1OC(C)C.[Na+]. The zero-order valence-corrected chi connectivity index (χ0v) is 33.0. The molecule has 0 radical (unpaired) electrons. The molecule has 9 nitrogen and oxygen atoms in total. The molecule has 0 atom stereocenters. The topological polar surface area (TPSA) is 106 Å². The Morgan fingerprint density at radius 1 is 0.796 bits per heavy atom. The summed E-state index contributed by atoms with van der Waals surface area (Å²) in [4.78, 5) is 20.8. The molecule has 0 N–H and O–H groups in total. The third kappa shape index (κ3) is 11.9. The Balaban J connectivity index is 0.00000784. The van der Waals surface area contributed by atoms with E-state index in [2.05, 4.69) is 9.97 Å². The smallest absolute Gasteiger partial charge is 0.550 e. The Kier molecular flexibility index (Phi) is 15.5. The molecule has 0 fully saturated rings. The van der Waals surface area contributed by atoms with Crippen LogP contribution in [0.25, 0.3) is 11.1 Å². The molecule has 0 aliphatic carbocycles. The van der Waals surface area contributed by atoms with E-state index in [0.717, 1.165) is 5.56 Å². The summed E-state index contributed by atoms with van der Waals surface area (Å²) >= 11 is 0. The number of anilines is 1. The van der Waals surface area contributed by atoms with E-state index in [1.54, 1.807) is 12.1 Å². The quantitative estimate of drug-likeness (QED) is 0.0861. The summed E-state index contributed by atoms with van der Waals surface area (Å²) in [6.07, 6.45) is -7.90. The van der Waals surface area contributed by atoms with Crippen LogP contribution < -0.4 is 58.5 Å². The average molecular weight is 772 g/mol. The number of benzene rings is 3.